The lowest BCUT2D eigenvalue weighted by Crippen LogP contribution is -1.96. The molecule has 0 amide bonds. The summed E-state index contributed by atoms with van der Waals surface area (Å²) < 4.78 is 14.9. The minimum atomic E-state index is -0.242. The highest BCUT2D eigenvalue weighted by molar-refractivity contribution is 5.63. The van der Waals surface area contributed by atoms with Crippen LogP contribution in [-0.2, 0) is 0 Å². The summed E-state index contributed by atoms with van der Waals surface area (Å²) in [6.07, 6.45) is 3.73. The monoisotopic (exact) mass is 241 g/mol. The van der Waals surface area contributed by atoms with E-state index < -0.39 is 0 Å². The number of aryl methyl sites for hydroxylation is 2. The molecule has 0 bridgehead atoms. The Morgan fingerprint density at radius 3 is 2.56 bits per heavy atom. The van der Waals surface area contributed by atoms with Gasteiger partial charge in [0.25, 0.3) is 0 Å². The molecular formula is C14H12FN3. The number of halogens is 1. The van der Waals surface area contributed by atoms with E-state index in [4.69, 9.17) is 0 Å². The molecule has 2 heterocycles. The van der Waals surface area contributed by atoms with E-state index in [2.05, 4.69) is 9.97 Å². The van der Waals surface area contributed by atoms with E-state index in [1.807, 2.05) is 24.4 Å². The number of benzene rings is 1. The van der Waals surface area contributed by atoms with E-state index in [1.54, 1.807) is 18.3 Å². The van der Waals surface area contributed by atoms with Crippen molar-refractivity contribution in [2.24, 2.45) is 0 Å². The number of aromatic nitrogens is 3. The van der Waals surface area contributed by atoms with Crippen molar-refractivity contribution in [1.29, 1.82) is 0 Å². The Labute approximate surface area is 104 Å². The maximum absolute atomic E-state index is 12.9. The van der Waals surface area contributed by atoms with Crippen molar-refractivity contribution in [3.8, 4) is 11.4 Å². The third-order valence-electron chi connectivity index (χ3n) is 2.93. The van der Waals surface area contributed by atoms with Crippen LogP contribution in [0.2, 0.25) is 0 Å². The fraction of sp³-hybridized carbons (Fsp3) is 0.143. The molecule has 18 heavy (non-hydrogen) atoms. The first-order chi connectivity index (χ1) is 8.65. The zero-order valence-electron chi connectivity index (χ0n) is 10.2. The van der Waals surface area contributed by atoms with Crippen LogP contribution in [-0.4, -0.2) is 14.4 Å². The molecular weight excluding hydrogens is 229 g/mol. The quantitative estimate of drug-likeness (QED) is 0.655. The summed E-state index contributed by atoms with van der Waals surface area (Å²) in [6, 6.07) is 6.35. The smallest absolute Gasteiger partial charge is 0.144 e. The van der Waals surface area contributed by atoms with E-state index in [-0.39, 0.29) is 5.82 Å². The van der Waals surface area contributed by atoms with Crippen LogP contribution >= 0.6 is 0 Å². The second-order valence-electron chi connectivity index (χ2n) is 4.31. The van der Waals surface area contributed by atoms with Crippen molar-refractivity contribution in [3.63, 3.8) is 0 Å². The lowest BCUT2D eigenvalue weighted by molar-refractivity contribution is 0.628. The zero-order chi connectivity index (χ0) is 12.7. The highest BCUT2D eigenvalue weighted by Crippen LogP contribution is 2.21. The van der Waals surface area contributed by atoms with Crippen LogP contribution in [0.5, 0.6) is 0 Å². The second kappa shape index (κ2) is 3.91. The van der Waals surface area contributed by atoms with Gasteiger partial charge in [-0.1, -0.05) is 0 Å². The minimum Gasteiger partial charge on any atom is -0.296 e. The van der Waals surface area contributed by atoms with Crippen LogP contribution < -0.4 is 0 Å². The predicted molar refractivity (Wildman–Crippen MR) is 67.9 cm³/mol. The normalized spacial score (nSPS) is 11.1. The Morgan fingerprint density at radius 1 is 1.11 bits per heavy atom. The van der Waals surface area contributed by atoms with Gasteiger partial charge in [-0.3, -0.25) is 9.38 Å². The number of fused-ring (bicyclic) bond motifs is 1. The van der Waals surface area contributed by atoms with Crippen molar-refractivity contribution < 1.29 is 4.39 Å². The molecule has 1 aromatic carbocycles. The molecule has 3 nitrogen and oxygen atoms in total. The van der Waals surface area contributed by atoms with Gasteiger partial charge in [-0.2, -0.15) is 0 Å². The van der Waals surface area contributed by atoms with E-state index in [9.17, 15) is 4.39 Å². The zero-order valence-corrected chi connectivity index (χ0v) is 10.2. The molecule has 90 valence electrons. The van der Waals surface area contributed by atoms with Crippen LogP contribution in [0.3, 0.4) is 0 Å². The molecule has 0 fully saturated rings. The van der Waals surface area contributed by atoms with Gasteiger partial charge >= 0.3 is 0 Å². The largest absolute Gasteiger partial charge is 0.296 e. The standard InChI is InChI=1S/C14H12FN3/c1-9-8-18-13(10(2)17-9)7-16-14(18)11-3-5-12(15)6-4-11/h3-8H,1-2H3. The number of imidazole rings is 1. The van der Waals surface area contributed by atoms with Crippen molar-refractivity contribution in [2.75, 3.05) is 0 Å². The topological polar surface area (TPSA) is 30.2 Å². The summed E-state index contributed by atoms with van der Waals surface area (Å²) in [5.74, 6) is 0.562. The Kier molecular flexibility index (Phi) is 2.37. The Morgan fingerprint density at radius 2 is 1.83 bits per heavy atom. The lowest BCUT2D eigenvalue weighted by Gasteiger charge is -2.04. The Bertz CT molecular complexity index is 714. The van der Waals surface area contributed by atoms with Gasteiger partial charge in [0.05, 0.1) is 23.1 Å². The highest BCUT2D eigenvalue weighted by atomic mass is 19.1. The number of nitrogens with zero attached hydrogens (tertiary/aromatic N) is 3. The first kappa shape index (κ1) is 10.9. The lowest BCUT2D eigenvalue weighted by atomic mass is 10.2. The van der Waals surface area contributed by atoms with E-state index in [0.717, 1.165) is 28.3 Å². The van der Waals surface area contributed by atoms with Crippen LogP contribution in [0, 0.1) is 19.7 Å². The first-order valence-corrected chi connectivity index (χ1v) is 5.72. The maximum Gasteiger partial charge on any atom is 0.144 e. The summed E-state index contributed by atoms with van der Waals surface area (Å²) in [5.41, 5.74) is 3.73. The molecule has 4 heteroatoms. The number of hydrogen-bond donors (Lipinski definition) is 0. The van der Waals surface area contributed by atoms with E-state index in [1.165, 1.54) is 12.1 Å². The minimum absolute atomic E-state index is 0.242. The number of hydrogen-bond acceptors (Lipinski definition) is 2. The molecule has 0 spiro atoms. The summed E-state index contributed by atoms with van der Waals surface area (Å²) in [4.78, 5) is 8.80. The van der Waals surface area contributed by atoms with Crippen molar-refractivity contribution in [1.82, 2.24) is 14.4 Å². The molecule has 2 aromatic heterocycles. The van der Waals surface area contributed by atoms with Gasteiger partial charge in [-0.05, 0) is 38.1 Å². The molecule has 0 saturated carbocycles. The fourth-order valence-electron chi connectivity index (χ4n) is 2.11. The molecule has 0 aliphatic heterocycles. The second-order valence-corrected chi connectivity index (χ2v) is 4.31. The highest BCUT2D eigenvalue weighted by Gasteiger charge is 2.09. The molecule has 0 aliphatic rings. The SMILES string of the molecule is Cc1cn2c(-c3ccc(F)cc3)ncc2c(C)n1. The third kappa shape index (κ3) is 1.66. The van der Waals surface area contributed by atoms with Crippen LogP contribution in [0.25, 0.3) is 16.9 Å². The van der Waals surface area contributed by atoms with Crippen LogP contribution in [0.1, 0.15) is 11.4 Å². The summed E-state index contributed by atoms with van der Waals surface area (Å²) in [7, 11) is 0. The average molecular weight is 241 g/mol. The van der Waals surface area contributed by atoms with Gasteiger partial charge in [0, 0.05) is 11.8 Å². The van der Waals surface area contributed by atoms with Gasteiger partial charge in [0.1, 0.15) is 11.6 Å². The molecule has 0 unspecified atom stereocenters. The van der Waals surface area contributed by atoms with Crippen molar-refractivity contribution in [3.05, 3.63) is 53.9 Å². The van der Waals surface area contributed by atoms with E-state index in [0.29, 0.717) is 0 Å². The van der Waals surface area contributed by atoms with Gasteiger partial charge in [0.2, 0.25) is 0 Å². The Balaban J connectivity index is 2.27. The number of rotatable bonds is 1. The van der Waals surface area contributed by atoms with Crippen LogP contribution in [0.15, 0.2) is 36.7 Å². The summed E-state index contributed by atoms with van der Waals surface area (Å²) >= 11 is 0. The Hall–Kier alpha value is -2.23. The molecule has 0 N–H and O–H groups in total. The van der Waals surface area contributed by atoms with E-state index >= 15 is 0 Å². The van der Waals surface area contributed by atoms with Crippen LogP contribution in [0.4, 0.5) is 4.39 Å². The van der Waals surface area contributed by atoms with Crippen molar-refractivity contribution in [2.45, 2.75) is 13.8 Å². The van der Waals surface area contributed by atoms with Gasteiger partial charge in [0.15, 0.2) is 0 Å². The summed E-state index contributed by atoms with van der Waals surface area (Å²) in [5, 5.41) is 0. The molecule has 3 aromatic rings. The molecule has 3 rings (SSSR count). The third-order valence-corrected chi connectivity index (χ3v) is 2.93. The average Bonchev–Trinajstić information content (AvgIpc) is 2.74. The first-order valence-electron chi connectivity index (χ1n) is 5.72. The predicted octanol–water partition coefficient (Wildman–Crippen LogP) is 3.15. The molecule has 0 aliphatic carbocycles. The molecule has 0 saturated heterocycles. The fourth-order valence-corrected chi connectivity index (χ4v) is 2.11. The van der Waals surface area contributed by atoms with Gasteiger partial charge in [-0.25, -0.2) is 9.37 Å². The van der Waals surface area contributed by atoms with Gasteiger partial charge in [-0.15, -0.1) is 0 Å². The van der Waals surface area contributed by atoms with Crippen molar-refractivity contribution >= 4 is 5.52 Å². The van der Waals surface area contributed by atoms with Gasteiger partial charge < -0.3 is 0 Å². The maximum atomic E-state index is 12.9. The molecule has 0 atom stereocenters. The molecule has 0 radical (unpaired) electrons. The summed E-state index contributed by atoms with van der Waals surface area (Å²) in [6.45, 7) is 3.90.